The van der Waals surface area contributed by atoms with Gasteiger partial charge in [-0.05, 0) is 26.8 Å². The fraction of sp³-hybridized carbons (Fsp3) is 0.688. The second-order valence-corrected chi connectivity index (χ2v) is 6.70. The zero-order valence-corrected chi connectivity index (χ0v) is 13.6. The lowest BCUT2D eigenvalue weighted by Crippen LogP contribution is -2.51. The molecule has 2 aliphatic rings. The number of piperidine rings is 1. The molecule has 2 N–H and O–H groups in total. The van der Waals surface area contributed by atoms with Gasteiger partial charge < -0.3 is 20.1 Å². The Labute approximate surface area is 136 Å². The van der Waals surface area contributed by atoms with Gasteiger partial charge >= 0.3 is 0 Å². The molecule has 0 bridgehead atoms. The van der Waals surface area contributed by atoms with Gasteiger partial charge in [0.15, 0.2) is 0 Å². The standard InChI is InChI=1S/C16H24N4O3/c1-16(22)5-11-8-20(15(21)12-6-18-10-19-7-12)4-3-13(11)23-9-14(16)17-2/h6-7,10-11,13-14,17,22H,3-5,8-9H2,1-2H3/t11-,13+,14+,16+/m0/s1. The number of likely N-dealkylation sites (tertiary alicyclic amines) is 1. The number of rotatable bonds is 2. The first kappa shape index (κ1) is 16.3. The number of ether oxygens (including phenoxy) is 1. The lowest BCUT2D eigenvalue weighted by molar-refractivity contribution is -0.0217. The number of carbonyl (C=O) groups is 1. The van der Waals surface area contributed by atoms with Crippen molar-refractivity contribution in [3.05, 3.63) is 24.3 Å². The van der Waals surface area contributed by atoms with Gasteiger partial charge in [0, 0.05) is 31.4 Å². The van der Waals surface area contributed by atoms with Gasteiger partial charge in [0.25, 0.3) is 5.91 Å². The molecule has 0 spiro atoms. The van der Waals surface area contributed by atoms with Crippen LogP contribution >= 0.6 is 0 Å². The molecule has 0 saturated carbocycles. The zero-order valence-electron chi connectivity index (χ0n) is 13.6. The summed E-state index contributed by atoms with van der Waals surface area (Å²) in [6.07, 6.45) is 5.98. The summed E-state index contributed by atoms with van der Waals surface area (Å²) in [5.41, 5.74) is -0.351. The van der Waals surface area contributed by atoms with E-state index in [9.17, 15) is 9.90 Å². The molecule has 0 radical (unpaired) electrons. The zero-order chi connectivity index (χ0) is 16.4. The molecule has 2 saturated heterocycles. The fourth-order valence-corrected chi connectivity index (χ4v) is 3.67. The number of likely N-dealkylation sites (N-methyl/N-ethyl adjacent to an activating group) is 1. The summed E-state index contributed by atoms with van der Waals surface area (Å²) in [5.74, 6) is 0.0730. The minimum Gasteiger partial charge on any atom is -0.388 e. The van der Waals surface area contributed by atoms with Crippen molar-refractivity contribution >= 4 is 5.91 Å². The van der Waals surface area contributed by atoms with Crippen LogP contribution < -0.4 is 5.32 Å². The lowest BCUT2D eigenvalue weighted by Gasteiger charge is -2.39. The molecule has 7 heteroatoms. The Morgan fingerprint density at radius 2 is 2.22 bits per heavy atom. The van der Waals surface area contributed by atoms with Crippen LogP contribution in [0.25, 0.3) is 0 Å². The van der Waals surface area contributed by atoms with Crippen molar-refractivity contribution in [2.75, 3.05) is 26.7 Å². The number of amides is 1. The van der Waals surface area contributed by atoms with Crippen LogP contribution in [0.3, 0.4) is 0 Å². The molecule has 2 aliphatic heterocycles. The van der Waals surface area contributed by atoms with Gasteiger partial charge in [-0.15, -0.1) is 0 Å². The monoisotopic (exact) mass is 320 g/mol. The summed E-state index contributed by atoms with van der Waals surface area (Å²) in [4.78, 5) is 22.2. The number of aromatic nitrogens is 2. The Balaban J connectivity index is 1.72. The van der Waals surface area contributed by atoms with Crippen molar-refractivity contribution in [2.45, 2.75) is 37.5 Å². The molecule has 1 aromatic heterocycles. The van der Waals surface area contributed by atoms with E-state index in [1.54, 1.807) is 0 Å². The number of carbonyl (C=O) groups excluding carboxylic acids is 1. The number of fused-ring (bicyclic) bond motifs is 1. The minimum absolute atomic E-state index is 0.0573. The first-order valence-corrected chi connectivity index (χ1v) is 8.07. The molecule has 4 atom stereocenters. The summed E-state index contributed by atoms with van der Waals surface area (Å²) in [7, 11) is 1.84. The maximum absolute atomic E-state index is 12.6. The number of aliphatic hydroxyl groups is 1. The van der Waals surface area contributed by atoms with Gasteiger partial charge in [-0.3, -0.25) is 4.79 Å². The van der Waals surface area contributed by atoms with E-state index in [0.717, 1.165) is 6.42 Å². The maximum Gasteiger partial charge on any atom is 0.257 e. The van der Waals surface area contributed by atoms with E-state index in [-0.39, 0.29) is 24.0 Å². The molecular formula is C16H24N4O3. The molecule has 1 amide bonds. The van der Waals surface area contributed by atoms with Crippen LogP contribution in [-0.4, -0.2) is 70.4 Å². The van der Waals surface area contributed by atoms with E-state index < -0.39 is 5.60 Å². The first-order chi connectivity index (χ1) is 11.0. The molecule has 3 heterocycles. The van der Waals surface area contributed by atoms with E-state index in [2.05, 4.69) is 15.3 Å². The third-order valence-electron chi connectivity index (χ3n) is 5.01. The van der Waals surface area contributed by atoms with Crippen LogP contribution in [0.5, 0.6) is 0 Å². The van der Waals surface area contributed by atoms with E-state index in [4.69, 9.17) is 4.74 Å². The summed E-state index contributed by atoms with van der Waals surface area (Å²) in [6.45, 7) is 3.57. The van der Waals surface area contributed by atoms with Crippen molar-refractivity contribution in [3.63, 3.8) is 0 Å². The molecule has 23 heavy (non-hydrogen) atoms. The van der Waals surface area contributed by atoms with Crippen LogP contribution in [0.15, 0.2) is 18.7 Å². The van der Waals surface area contributed by atoms with Crippen molar-refractivity contribution in [1.29, 1.82) is 0 Å². The summed E-state index contributed by atoms with van der Waals surface area (Å²) in [6, 6.07) is -0.0974. The molecule has 7 nitrogen and oxygen atoms in total. The molecule has 126 valence electrons. The van der Waals surface area contributed by atoms with Gasteiger partial charge in [-0.1, -0.05) is 0 Å². The van der Waals surface area contributed by atoms with E-state index in [0.29, 0.717) is 31.7 Å². The van der Waals surface area contributed by atoms with Crippen LogP contribution in [0.1, 0.15) is 30.1 Å². The van der Waals surface area contributed by atoms with E-state index >= 15 is 0 Å². The Bertz CT molecular complexity index is 552. The van der Waals surface area contributed by atoms with Gasteiger partial charge in [-0.25, -0.2) is 9.97 Å². The van der Waals surface area contributed by atoms with Crippen molar-refractivity contribution in [2.24, 2.45) is 5.92 Å². The minimum atomic E-state index is -0.851. The van der Waals surface area contributed by atoms with Crippen LogP contribution in [0.4, 0.5) is 0 Å². The predicted molar refractivity (Wildman–Crippen MR) is 83.9 cm³/mol. The Morgan fingerprint density at radius 3 is 2.91 bits per heavy atom. The number of nitrogens with one attached hydrogen (secondary N) is 1. The Kier molecular flexibility index (Phi) is 4.61. The first-order valence-electron chi connectivity index (χ1n) is 8.07. The molecule has 3 rings (SSSR count). The maximum atomic E-state index is 12.6. The number of hydrogen-bond acceptors (Lipinski definition) is 6. The van der Waals surface area contributed by atoms with E-state index in [1.807, 2.05) is 18.9 Å². The smallest absolute Gasteiger partial charge is 0.257 e. The molecule has 0 aromatic carbocycles. The van der Waals surface area contributed by atoms with E-state index in [1.165, 1.54) is 18.7 Å². The largest absolute Gasteiger partial charge is 0.388 e. The van der Waals surface area contributed by atoms with Crippen LogP contribution in [-0.2, 0) is 4.74 Å². The Hall–Kier alpha value is -1.57. The topological polar surface area (TPSA) is 87.6 Å². The highest BCUT2D eigenvalue weighted by Gasteiger charge is 2.43. The molecule has 0 aliphatic carbocycles. The number of nitrogens with zero attached hydrogens (tertiary/aromatic N) is 3. The molecule has 2 fully saturated rings. The molecular weight excluding hydrogens is 296 g/mol. The van der Waals surface area contributed by atoms with Crippen LogP contribution in [0.2, 0.25) is 0 Å². The average molecular weight is 320 g/mol. The molecule has 1 aromatic rings. The van der Waals surface area contributed by atoms with Gasteiger partial charge in [-0.2, -0.15) is 0 Å². The fourth-order valence-electron chi connectivity index (χ4n) is 3.67. The SMILES string of the molecule is CN[C@@H]1CO[C@@H]2CCN(C(=O)c3cncnc3)C[C@@H]2C[C@@]1(C)O. The van der Waals surface area contributed by atoms with Gasteiger partial charge in [0.05, 0.1) is 29.9 Å². The van der Waals surface area contributed by atoms with Gasteiger partial charge in [0.1, 0.15) is 6.33 Å². The number of hydrogen-bond donors (Lipinski definition) is 2. The summed E-state index contributed by atoms with van der Waals surface area (Å²) < 4.78 is 5.99. The highest BCUT2D eigenvalue weighted by atomic mass is 16.5. The van der Waals surface area contributed by atoms with Crippen molar-refractivity contribution in [3.8, 4) is 0 Å². The Morgan fingerprint density at radius 1 is 1.48 bits per heavy atom. The lowest BCUT2D eigenvalue weighted by atomic mass is 9.82. The van der Waals surface area contributed by atoms with Crippen molar-refractivity contribution < 1.29 is 14.6 Å². The summed E-state index contributed by atoms with van der Waals surface area (Å²) >= 11 is 0. The second kappa shape index (κ2) is 6.51. The predicted octanol–water partition coefficient (Wildman–Crippen LogP) is 0.0666. The normalized spacial score (nSPS) is 34.6. The highest BCUT2D eigenvalue weighted by Crippen LogP contribution is 2.33. The molecule has 0 unspecified atom stereocenters. The van der Waals surface area contributed by atoms with Crippen LogP contribution in [0, 0.1) is 5.92 Å². The van der Waals surface area contributed by atoms with Crippen molar-refractivity contribution in [1.82, 2.24) is 20.2 Å². The average Bonchev–Trinajstić information content (AvgIpc) is 2.68. The summed E-state index contributed by atoms with van der Waals surface area (Å²) in [5, 5.41) is 13.9. The third kappa shape index (κ3) is 3.36. The highest BCUT2D eigenvalue weighted by molar-refractivity contribution is 5.93. The third-order valence-corrected chi connectivity index (χ3v) is 5.01. The van der Waals surface area contributed by atoms with Gasteiger partial charge in [0.2, 0.25) is 0 Å². The second-order valence-electron chi connectivity index (χ2n) is 6.70. The quantitative estimate of drug-likeness (QED) is 0.802.